The number of carboxylic acid groups (broad SMARTS) is 1. The fourth-order valence-electron chi connectivity index (χ4n) is 4.42. The van der Waals surface area contributed by atoms with Gasteiger partial charge in [-0.05, 0) is 25.3 Å². The Bertz CT molecular complexity index is 919. The predicted octanol–water partition coefficient (Wildman–Crippen LogP) is 1.40. The van der Waals surface area contributed by atoms with Crippen LogP contribution >= 0.6 is 23.5 Å². The van der Waals surface area contributed by atoms with E-state index in [1.807, 2.05) is 30.3 Å². The fraction of sp³-hybridized carbons (Fsp3) is 0.625. The zero-order valence-electron chi connectivity index (χ0n) is 21.2. The molecule has 4 N–H and O–H groups in total. The lowest BCUT2D eigenvalue weighted by atomic mass is 10.0. The van der Waals surface area contributed by atoms with Gasteiger partial charge >= 0.3 is 11.9 Å². The number of nitrogens with zero attached hydrogens (tertiary/aromatic N) is 2. The third-order valence-electron chi connectivity index (χ3n) is 6.25. The van der Waals surface area contributed by atoms with Crippen LogP contribution in [-0.4, -0.2) is 110 Å². The van der Waals surface area contributed by atoms with Gasteiger partial charge < -0.3 is 19.5 Å². The number of carboxylic acids is 1. The van der Waals surface area contributed by atoms with Crippen LogP contribution < -0.4 is 5.32 Å². The first-order valence-electron chi connectivity index (χ1n) is 12.4. The van der Waals surface area contributed by atoms with Crippen LogP contribution in [0.25, 0.3) is 0 Å². The molecule has 2 saturated heterocycles. The molecule has 0 bridgehead atoms. The van der Waals surface area contributed by atoms with Crippen LogP contribution in [0, 0.1) is 0 Å². The lowest BCUT2D eigenvalue weighted by Gasteiger charge is -2.28. The van der Waals surface area contributed by atoms with E-state index in [4.69, 9.17) is 19.9 Å². The van der Waals surface area contributed by atoms with E-state index in [-0.39, 0.29) is 36.4 Å². The van der Waals surface area contributed by atoms with Crippen LogP contribution in [0.4, 0.5) is 0 Å². The molecule has 3 rings (SSSR count). The summed E-state index contributed by atoms with van der Waals surface area (Å²) in [6.45, 7) is 1.98. The highest BCUT2D eigenvalue weighted by Crippen LogP contribution is 2.52. The Morgan fingerprint density at radius 2 is 1.82 bits per heavy atom. The third kappa shape index (κ3) is 9.09. The summed E-state index contributed by atoms with van der Waals surface area (Å²) in [6, 6.07) is 7.04. The maximum Gasteiger partial charge on any atom is 0.329 e. The van der Waals surface area contributed by atoms with Crippen molar-refractivity contribution in [2.75, 3.05) is 44.5 Å². The van der Waals surface area contributed by atoms with Gasteiger partial charge in [0.2, 0.25) is 5.91 Å². The average molecular weight is 574 g/mol. The number of hydrogen-bond donors (Lipinski definition) is 4. The first kappa shape index (κ1) is 30.6. The van der Waals surface area contributed by atoms with Crippen molar-refractivity contribution in [1.82, 2.24) is 15.6 Å². The SMILES string of the molecule is CC(NC(CCc1ccccc1)C(=O)O)C(=O)N1CC2(CC1C(=O)OCCOCCON(O)O)SCCS2. The van der Waals surface area contributed by atoms with Crippen LogP contribution in [-0.2, 0) is 35.1 Å². The second kappa shape index (κ2) is 15.0. The summed E-state index contributed by atoms with van der Waals surface area (Å²) in [5.74, 6) is -0.0529. The number of esters is 1. The first-order valence-corrected chi connectivity index (χ1v) is 14.3. The van der Waals surface area contributed by atoms with Crippen molar-refractivity contribution < 1.29 is 44.2 Å². The minimum absolute atomic E-state index is 0.0407. The molecule has 1 aromatic carbocycles. The van der Waals surface area contributed by atoms with Crippen LogP contribution in [0.3, 0.4) is 0 Å². The Labute approximate surface area is 229 Å². The number of carbonyl (C=O) groups is 3. The molecule has 2 heterocycles. The predicted molar refractivity (Wildman–Crippen MR) is 140 cm³/mol. The van der Waals surface area contributed by atoms with E-state index in [1.165, 1.54) is 4.90 Å². The lowest BCUT2D eigenvalue weighted by Crippen LogP contribution is -2.53. The summed E-state index contributed by atoms with van der Waals surface area (Å²) in [6.07, 6.45) is 1.32. The van der Waals surface area contributed by atoms with Crippen molar-refractivity contribution in [3.63, 3.8) is 0 Å². The Balaban J connectivity index is 1.56. The van der Waals surface area contributed by atoms with Crippen LogP contribution in [0.15, 0.2) is 30.3 Å². The van der Waals surface area contributed by atoms with Gasteiger partial charge in [-0.2, -0.15) is 0 Å². The van der Waals surface area contributed by atoms with Gasteiger partial charge in [-0.15, -0.1) is 23.5 Å². The van der Waals surface area contributed by atoms with Gasteiger partial charge in [0.05, 0.1) is 35.3 Å². The van der Waals surface area contributed by atoms with E-state index in [0.717, 1.165) is 17.1 Å². The Hall–Kier alpha value is -1.91. The van der Waals surface area contributed by atoms with Gasteiger partial charge in [0.15, 0.2) is 0 Å². The second-order valence-electron chi connectivity index (χ2n) is 8.96. The van der Waals surface area contributed by atoms with E-state index < -0.39 is 35.5 Å². The minimum atomic E-state index is -1.03. The molecule has 2 aliphatic rings. The minimum Gasteiger partial charge on any atom is -0.480 e. The number of hydrogen-bond acceptors (Lipinski definition) is 12. The van der Waals surface area contributed by atoms with Crippen molar-refractivity contribution in [2.24, 2.45) is 0 Å². The molecule has 3 unspecified atom stereocenters. The highest BCUT2D eigenvalue weighted by atomic mass is 32.2. The molecule has 0 aliphatic carbocycles. The highest BCUT2D eigenvalue weighted by Gasteiger charge is 2.52. The summed E-state index contributed by atoms with van der Waals surface area (Å²) >= 11 is 3.47. The van der Waals surface area contributed by atoms with Crippen LogP contribution in [0.5, 0.6) is 0 Å². The van der Waals surface area contributed by atoms with Crippen molar-refractivity contribution in [2.45, 2.75) is 48.4 Å². The number of nitrogens with one attached hydrogen (secondary N) is 1. The lowest BCUT2D eigenvalue weighted by molar-refractivity contribution is -0.493. The zero-order valence-corrected chi connectivity index (χ0v) is 22.8. The van der Waals surface area contributed by atoms with Crippen LogP contribution in [0.1, 0.15) is 25.3 Å². The monoisotopic (exact) mass is 573 g/mol. The normalized spacial score (nSPS) is 20.1. The molecule has 14 heteroatoms. The largest absolute Gasteiger partial charge is 0.480 e. The molecule has 12 nitrogen and oxygen atoms in total. The standard InChI is InChI=1S/C24H35N3O9S2/c1-17(25-19(22(29)30)8-7-18-5-3-2-4-6-18)21(28)26-16-24(37-13-14-38-24)15-20(26)23(31)35-11-9-34-10-12-36-27(32)33/h2-6,17,19-20,25,32-33H,7-16H2,1H3,(H,29,30). The molecule has 0 saturated carbocycles. The zero-order chi connectivity index (χ0) is 27.5. The molecule has 2 aliphatic heterocycles. The molecule has 0 radical (unpaired) electrons. The highest BCUT2D eigenvalue weighted by molar-refractivity contribution is 8.21. The average Bonchev–Trinajstić information content (AvgIpc) is 3.52. The number of benzene rings is 1. The maximum atomic E-state index is 13.5. The third-order valence-corrected chi connectivity index (χ3v) is 9.68. The van der Waals surface area contributed by atoms with E-state index in [9.17, 15) is 19.5 Å². The first-order chi connectivity index (χ1) is 18.2. The van der Waals surface area contributed by atoms with Crippen molar-refractivity contribution in [1.29, 1.82) is 0 Å². The van der Waals surface area contributed by atoms with Crippen molar-refractivity contribution in [3.05, 3.63) is 35.9 Å². The second-order valence-corrected chi connectivity index (χ2v) is 12.2. The Morgan fingerprint density at radius 3 is 2.47 bits per heavy atom. The van der Waals surface area contributed by atoms with Gasteiger partial charge in [-0.1, -0.05) is 30.3 Å². The molecule has 38 heavy (non-hydrogen) atoms. The summed E-state index contributed by atoms with van der Waals surface area (Å²) in [4.78, 5) is 44.3. The number of likely N-dealkylation sites (tertiary alicyclic amines) is 1. The Morgan fingerprint density at radius 1 is 1.13 bits per heavy atom. The molecular formula is C24H35N3O9S2. The molecular weight excluding hydrogens is 538 g/mol. The number of rotatable bonds is 15. The molecule has 1 spiro atoms. The van der Waals surface area contributed by atoms with Gasteiger partial charge in [0, 0.05) is 24.5 Å². The molecule has 1 aromatic rings. The summed E-state index contributed by atoms with van der Waals surface area (Å²) in [5, 5.41) is 29.2. The van der Waals surface area contributed by atoms with Crippen molar-refractivity contribution in [3.8, 4) is 0 Å². The van der Waals surface area contributed by atoms with Crippen LogP contribution in [0.2, 0.25) is 0 Å². The fourth-order valence-corrected chi connectivity index (χ4v) is 7.68. The molecule has 212 valence electrons. The number of carbonyl (C=O) groups excluding carboxylic acids is 2. The van der Waals surface area contributed by atoms with Crippen molar-refractivity contribution >= 4 is 41.4 Å². The number of aryl methyl sites for hydroxylation is 1. The smallest absolute Gasteiger partial charge is 0.329 e. The number of thioether (sulfide) groups is 2. The number of ether oxygens (including phenoxy) is 2. The molecule has 3 atom stereocenters. The van der Waals surface area contributed by atoms with Gasteiger partial charge in [-0.25, -0.2) is 9.63 Å². The summed E-state index contributed by atoms with van der Waals surface area (Å²) in [5.41, 5.74) is 1.01. The van der Waals surface area contributed by atoms with Gasteiger partial charge in [0.1, 0.15) is 18.7 Å². The van der Waals surface area contributed by atoms with Gasteiger partial charge in [0.25, 0.3) is 0 Å². The summed E-state index contributed by atoms with van der Waals surface area (Å²) < 4.78 is 10.3. The number of amides is 1. The quantitative estimate of drug-likeness (QED) is 0.136. The number of aliphatic carboxylic acids is 1. The molecule has 2 fully saturated rings. The molecule has 0 aromatic heterocycles. The summed E-state index contributed by atoms with van der Waals surface area (Å²) in [7, 11) is 0. The maximum absolute atomic E-state index is 13.5. The van der Waals surface area contributed by atoms with E-state index in [2.05, 4.69) is 10.2 Å². The van der Waals surface area contributed by atoms with Gasteiger partial charge in [-0.3, -0.25) is 25.3 Å². The van der Waals surface area contributed by atoms with E-state index in [1.54, 1.807) is 30.4 Å². The topological polar surface area (TPSA) is 158 Å². The van der Waals surface area contributed by atoms with E-state index in [0.29, 0.717) is 25.8 Å². The van der Waals surface area contributed by atoms with E-state index >= 15 is 0 Å². The molecule has 1 amide bonds. The Kier molecular flexibility index (Phi) is 12.1.